The number of carbonyl (C=O) groups excluding carboxylic acids is 2. The molecule has 0 aromatic carbocycles. The minimum atomic E-state index is -4.24. The first-order valence-electron chi connectivity index (χ1n) is 19.8. The second-order valence-corrected chi connectivity index (χ2v) is 19.2. The lowest BCUT2D eigenvalue weighted by molar-refractivity contribution is -0.184. The lowest BCUT2D eigenvalue weighted by atomic mass is 9.41. The Hall–Kier alpha value is -1.79. The van der Waals surface area contributed by atoms with Gasteiger partial charge in [-0.05, 0) is 104 Å². The summed E-state index contributed by atoms with van der Waals surface area (Å²) in [7, 11) is 0. The van der Waals surface area contributed by atoms with Crippen LogP contribution in [-0.2, 0) is 14.2 Å². The Morgan fingerprint density at radius 1 is 1.00 bits per heavy atom. The normalized spacial score (nSPS) is 46.3. The zero-order chi connectivity index (χ0) is 37.1. The zero-order valence-corrected chi connectivity index (χ0v) is 31.9. The first-order chi connectivity index (χ1) is 23.7. The van der Waals surface area contributed by atoms with Crippen molar-refractivity contribution in [2.75, 3.05) is 26.2 Å². The van der Waals surface area contributed by atoms with E-state index in [2.05, 4.69) is 59.1 Å². The number of alkyl halides is 3. The molecule has 51 heavy (non-hydrogen) atoms. The number of aliphatic hydroxyl groups excluding tert-OH is 1. The van der Waals surface area contributed by atoms with Crippen molar-refractivity contribution in [2.24, 2.45) is 56.7 Å². The first kappa shape index (κ1) is 37.5. The molecule has 0 aromatic heterocycles. The summed E-state index contributed by atoms with van der Waals surface area (Å²) in [5.41, 5.74) is -0.380. The molecule has 7 fully saturated rings. The number of halogens is 3. The van der Waals surface area contributed by atoms with Gasteiger partial charge in [-0.1, -0.05) is 48.5 Å². The van der Waals surface area contributed by atoms with Gasteiger partial charge in [0, 0.05) is 30.5 Å². The van der Waals surface area contributed by atoms with E-state index in [-0.39, 0.29) is 76.4 Å². The Balaban J connectivity index is 1.05. The zero-order valence-electron chi connectivity index (χ0n) is 31.9. The van der Waals surface area contributed by atoms with E-state index in [0.29, 0.717) is 24.3 Å². The highest BCUT2D eigenvalue weighted by atomic mass is 19.4. The van der Waals surface area contributed by atoms with E-state index in [1.165, 1.54) is 4.90 Å². The number of nitrogens with zero attached hydrogens (tertiary/aromatic N) is 1. The quantitative estimate of drug-likeness (QED) is 0.262. The van der Waals surface area contributed by atoms with Gasteiger partial charge in [0.05, 0.1) is 30.9 Å². The van der Waals surface area contributed by atoms with Crippen molar-refractivity contribution in [2.45, 2.75) is 149 Å². The number of fused-ring (bicyclic) bond motifs is 4. The predicted octanol–water partition coefficient (Wildman–Crippen LogP) is 6.91. The molecule has 0 radical (unpaired) electrons. The van der Waals surface area contributed by atoms with Crippen LogP contribution in [0.15, 0.2) is 0 Å². The van der Waals surface area contributed by atoms with Crippen LogP contribution in [0.25, 0.3) is 0 Å². The number of amides is 2. The summed E-state index contributed by atoms with van der Waals surface area (Å²) in [4.78, 5) is 26.8. The summed E-state index contributed by atoms with van der Waals surface area (Å²) in [6, 6.07) is -0.329. The lowest BCUT2D eigenvalue weighted by Gasteiger charge is -2.63. The summed E-state index contributed by atoms with van der Waals surface area (Å²) in [6.45, 7) is 17.5. The van der Waals surface area contributed by atoms with Crippen LogP contribution in [0.4, 0.5) is 22.8 Å². The molecule has 7 aliphatic rings. The van der Waals surface area contributed by atoms with Gasteiger partial charge in [-0.3, -0.25) is 4.90 Å². The van der Waals surface area contributed by atoms with Crippen molar-refractivity contribution < 1.29 is 42.1 Å². The molecule has 3 N–H and O–H groups in total. The van der Waals surface area contributed by atoms with Gasteiger partial charge >= 0.3 is 18.4 Å². The molecule has 0 bridgehead atoms. The Labute approximate surface area is 301 Å². The smallest absolute Gasteiger partial charge is 0.407 e. The van der Waals surface area contributed by atoms with E-state index < -0.39 is 37.1 Å². The topological polar surface area (TPSA) is 109 Å². The molecule has 2 saturated heterocycles. The van der Waals surface area contributed by atoms with Crippen molar-refractivity contribution in [3.63, 3.8) is 0 Å². The van der Waals surface area contributed by atoms with Crippen LogP contribution in [0, 0.1) is 56.7 Å². The molecule has 7 rings (SSSR count). The standard InChI is InChI=1S/C39H62F3N3O6/c1-9-43-32(47)51-29(21(2)3)24-16-22(4)28-30(49-24)31(46)36(8)26-11-10-25-34(5,6)27(12-13-37(25)19-38(26,37)15-14-35(28,36)7)50-33(48)44-23-17-45(18-23)20-39(40,41)42/h21-31,46H,9-20H2,1-8H3,(H,43,47)(H,44,48)/t22-,24?,25+,26?,27?,28+,29-,30?,31+,35-,36-,37-,38+/m1/s1. The molecule has 290 valence electrons. The molecule has 5 aliphatic carbocycles. The highest BCUT2D eigenvalue weighted by molar-refractivity contribution is 5.68. The second kappa shape index (κ2) is 12.4. The summed E-state index contributed by atoms with van der Waals surface area (Å²) < 4.78 is 57.1. The number of rotatable bonds is 7. The molecule has 9 nitrogen and oxygen atoms in total. The predicted molar refractivity (Wildman–Crippen MR) is 185 cm³/mol. The van der Waals surface area contributed by atoms with E-state index in [1.807, 2.05) is 6.92 Å². The van der Waals surface area contributed by atoms with Crippen LogP contribution in [0.1, 0.15) is 107 Å². The number of aliphatic hydroxyl groups is 1. The maximum absolute atomic E-state index is 13.0. The van der Waals surface area contributed by atoms with Gasteiger partial charge in [0.1, 0.15) is 12.2 Å². The highest BCUT2D eigenvalue weighted by Gasteiger charge is 2.84. The highest BCUT2D eigenvalue weighted by Crippen LogP contribution is 2.89. The minimum Gasteiger partial charge on any atom is -0.446 e. The Morgan fingerprint density at radius 2 is 1.67 bits per heavy atom. The van der Waals surface area contributed by atoms with Crippen molar-refractivity contribution in [3.05, 3.63) is 0 Å². The van der Waals surface area contributed by atoms with Gasteiger partial charge < -0.3 is 30.0 Å². The summed E-state index contributed by atoms with van der Waals surface area (Å²) >= 11 is 0. The lowest BCUT2D eigenvalue weighted by Crippen LogP contribution is -2.62. The molecular weight excluding hydrogens is 663 g/mol. The molecule has 2 aliphatic heterocycles. The molecule has 0 aromatic rings. The number of hydrogen-bond acceptors (Lipinski definition) is 7. The Kier molecular flexibility index (Phi) is 9.10. The van der Waals surface area contributed by atoms with E-state index in [4.69, 9.17) is 14.2 Å². The van der Waals surface area contributed by atoms with Crippen molar-refractivity contribution in [1.82, 2.24) is 15.5 Å². The molecular formula is C39H62F3N3O6. The molecule has 2 amide bonds. The van der Waals surface area contributed by atoms with Gasteiger partial charge in [-0.2, -0.15) is 13.2 Å². The first-order valence-corrected chi connectivity index (χ1v) is 19.8. The SMILES string of the molecule is CCNC(=O)O[C@H](C(C)C)C1C[C@@H](C)[C@H]2C(O1)[C@H](O)[C@@]1(C)C3CC[C@H]4C(C)(C)C(OC(=O)NC5CN(CC(F)(F)F)C5)CC[C@@]45C[C@@]35CC[C@]21C. The average molecular weight is 726 g/mol. The van der Waals surface area contributed by atoms with E-state index in [1.54, 1.807) is 0 Å². The third kappa shape index (κ3) is 5.55. The third-order valence-electron chi connectivity index (χ3n) is 16.3. The molecule has 13 atom stereocenters. The summed E-state index contributed by atoms with van der Waals surface area (Å²) in [5, 5.41) is 18.2. The van der Waals surface area contributed by atoms with Crippen molar-refractivity contribution in [3.8, 4) is 0 Å². The van der Waals surface area contributed by atoms with Gasteiger partial charge in [0.15, 0.2) is 0 Å². The van der Waals surface area contributed by atoms with Crippen LogP contribution in [0.5, 0.6) is 0 Å². The maximum Gasteiger partial charge on any atom is 0.407 e. The number of nitrogens with one attached hydrogen (secondary N) is 2. The number of hydrogen-bond donors (Lipinski definition) is 3. The Morgan fingerprint density at radius 3 is 2.31 bits per heavy atom. The number of ether oxygens (including phenoxy) is 3. The average Bonchev–Trinajstić information content (AvgIpc) is 3.64. The fourth-order valence-electron chi connectivity index (χ4n) is 14.1. The van der Waals surface area contributed by atoms with E-state index in [9.17, 15) is 27.9 Å². The second-order valence-electron chi connectivity index (χ2n) is 19.2. The summed E-state index contributed by atoms with van der Waals surface area (Å²) in [6.07, 6.45) is 0.823. The van der Waals surface area contributed by atoms with Crippen molar-refractivity contribution in [1.29, 1.82) is 0 Å². The van der Waals surface area contributed by atoms with Gasteiger partial charge in [0.2, 0.25) is 0 Å². The van der Waals surface area contributed by atoms with Crippen molar-refractivity contribution >= 4 is 12.2 Å². The monoisotopic (exact) mass is 725 g/mol. The molecule has 12 heteroatoms. The van der Waals surface area contributed by atoms with Gasteiger partial charge in [0.25, 0.3) is 0 Å². The fraction of sp³-hybridized carbons (Fsp3) is 0.949. The van der Waals surface area contributed by atoms with E-state index >= 15 is 0 Å². The molecule has 4 unspecified atom stereocenters. The Bertz CT molecular complexity index is 1370. The van der Waals surface area contributed by atoms with Crippen LogP contribution >= 0.6 is 0 Å². The van der Waals surface area contributed by atoms with Crippen LogP contribution < -0.4 is 10.6 Å². The molecule has 2 heterocycles. The largest absolute Gasteiger partial charge is 0.446 e. The number of carbonyl (C=O) groups is 2. The fourth-order valence-corrected chi connectivity index (χ4v) is 14.1. The van der Waals surface area contributed by atoms with Gasteiger partial charge in [-0.25, -0.2) is 9.59 Å². The molecule has 5 saturated carbocycles. The summed E-state index contributed by atoms with van der Waals surface area (Å²) in [5.74, 6) is 1.32. The van der Waals surface area contributed by atoms with E-state index in [0.717, 1.165) is 51.4 Å². The maximum atomic E-state index is 13.0. The van der Waals surface area contributed by atoms with Crippen LogP contribution in [0.3, 0.4) is 0 Å². The number of alkyl carbamates (subject to hydrolysis) is 2. The molecule has 2 spiro atoms. The minimum absolute atomic E-state index is 0.0681. The van der Waals surface area contributed by atoms with Crippen LogP contribution in [-0.4, -0.2) is 91.1 Å². The third-order valence-corrected chi connectivity index (χ3v) is 16.3. The van der Waals surface area contributed by atoms with Gasteiger partial charge in [-0.15, -0.1) is 0 Å². The number of likely N-dealkylation sites (tertiary alicyclic amines) is 1. The van der Waals surface area contributed by atoms with Crippen LogP contribution in [0.2, 0.25) is 0 Å².